The molecule has 88 valence electrons. The first kappa shape index (κ1) is 12.2. The minimum Gasteiger partial charge on any atom is -0.378 e. The number of morpholine rings is 1. The van der Waals surface area contributed by atoms with Gasteiger partial charge in [-0.05, 0) is 0 Å². The Morgan fingerprint density at radius 2 is 1.80 bits per heavy atom. The molecule has 5 nitrogen and oxygen atoms in total. The molecule has 0 atom stereocenters. The number of hydrogen-bond acceptors (Lipinski definition) is 3. The molecule has 0 spiro atoms. The Hall–Kier alpha value is -0.830. The molecular weight excluding hydrogens is 237 g/mol. The van der Waals surface area contributed by atoms with Crippen LogP contribution >= 0.6 is 0 Å². The van der Waals surface area contributed by atoms with Crippen LogP contribution in [0.5, 0.6) is 0 Å². The summed E-state index contributed by atoms with van der Waals surface area (Å²) in [6.45, 7) is 1.35. The van der Waals surface area contributed by atoms with Gasteiger partial charge in [0.2, 0.25) is 0 Å². The number of halogens is 3. The molecule has 0 amide bonds. The number of ether oxygens (including phenoxy) is 1. The zero-order valence-corrected chi connectivity index (χ0v) is 8.38. The van der Waals surface area contributed by atoms with E-state index in [0.29, 0.717) is 32.6 Å². The summed E-state index contributed by atoms with van der Waals surface area (Å²) in [7, 11) is -5.41. The van der Waals surface area contributed by atoms with Crippen LogP contribution in [0.2, 0.25) is 0 Å². The zero-order chi connectivity index (χ0) is 11.5. The monoisotopic (exact) mass is 246 g/mol. The van der Waals surface area contributed by atoms with E-state index in [1.54, 1.807) is 0 Å². The first-order chi connectivity index (χ1) is 6.83. The van der Waals surface area contributed by atoms with E-state index in [-0.39, 0.29) is 0 Å². The van der Waals surface area contributed by atoms with Crippen molar-refractivity contribution in [2.24, 2.45) is 4.40 Å². The van der Waals surface area contributed by atoms with E-state index in [1.807, 2.05) is 0 Å². The van der Waals surface area contributed by atoms with Gasteiger partial charge in [-0.1, -0.05) is 0 Å². The molecule has 0 saturated carbocycles. The topological polar surface area (TPSA) is 59.0 Å². The van der Waals surface area contributed by atoms with Gasteiger partial charge in [0.1, 0.15) is 6.34 Å². The van der Waals surface area contributed by atoms with Crippen LogP contribution in [-0.4, -0.2) is 51.5 Å². The third-order valence-corrected chi connectivity index (χ3v) is 2.64. The molecule has 0 aromatic carbocycles. The SMILES string of the molecule is O=S(=O)(/N=C/N1CCOCC1)C(F)(F)F. The fourth-order valence-corrected chi connectivity index (χ4v) is 1.26. The number of alkyl halides is 3. The number of hydrogen-bond donors (Lipinski definition) is 0. The molecule has 0 bridgehead atoms. The highest BCUT2D eigenvalue weighted by Gasteiger charge is 2.45. The van der Waals surface area contributed by atoms with E-state index in [9.17, 15) is 21.6 Å². The fraction of sp³-hybridized carbons (Fsp3) is 0.833. The summed E-state index contributed by atoms with van der Waals surface area (Å²) in [6, 6.07) is 0. The highest BCUT2D eigenvalue weighted by Crippen LogP contribution is 2.24. The van der Waals surface area contributed by atoms with E-state index >= 15 is 0 Å². The Morgan fingerprint density at radius 1 is 1.27 bits per heavy atom. The Bertz CT molecular complexity index is 332. The van der Waals surface area contributed by atoms with Crippen molar-refractivity contribution in [1.29, 1.82) is 0 Å². The third-order valence-electron chi connectivity index (χ3n) is 1.69. The first-order valence-corrected chi connectivity index (χ1v) is 5.45. The van der Waals surface area contributed by atoms with Crippen molar-refractivity contribution in [2.45, 2.75) is 5.51 Å². The lowest BCUT2D eigenvalue weighted by Gasteiger charge is -2.23. The van der Waals surface area contributed by atoms with Crippen molar-refractivity contribution in [3.63, 3.8) is 0 Å². The summed E-state index contributed by atoms with van der Waals surface area (Å²) in [5.74, 6) is 0. The molecule has 9 heteroatoms. The second-order valence-electron chi connectivity index (χ2n) is 2.79. The van der Waals surface area contributed by atoms with Gasteiger partial charge in [0, 0.05) is 13.1 Å². The lowest BCUT2D eigenvalue weighted by atomic mass is 10.5. The van der Waals surface area contributed by atoms with Crippen molar-refractivity contribution in [2.75, 3.05) is 26.3 Å². The molecule has 0 aliphatic carbocycles. The van der Waals surface area contributed by atoms with Crippen LogP contribution in [0.15, 0.2) is 4.40 Å². The molecule has 0 radical (unpaired) electrons. The van der Waals surface area contributed by atoms with Gasteiger partial charge in [-0.15, -0.1) is 4.40 Å². The predicted octanol–water partition coefficient (Wildman–Crippen LogP) is 0.196. The normalized spacial score (nSPS) is 19.8. The van der Waals surface area contributed by atoms with E-state index in [2.05, 4.69) is 4.40 Å². The van der Waals surface area contributed by atoms with Crippen LogP contribution in [0.1, 0.15) is 0 Å². The van der Waals surface area contributed by atoms with Crippen molar-refractivity contribution in [3.05, 3.63) is 0 Å². The second-order valence-corrected chi connectivity index (χ2v) is 4.41. The van der Waals surface area contributed by atoms with Crippen LogP contribution in [0.25, 0.3) is 0 Å². The quantitative estimate of drug-likeness (QED) is 0.515. The molecular formula is C6H9F3N2O3S. The predicted molar refractivity (Wildman–Crippen MR) is 45.9 cm³/mol. The van der Waals surface area contributed by atoms with E-state index in [0.717, 1.165) is 0 Å². The Balaban J connectivity index is 2.64. The summed E-state index contributed by atoms with van der Waals surface area (Å²) in [5.41, 5.74) is -5.34. The largest absolute Gasteiger partial charge is 0.518 e. The number of nitrogens with zero attached hydrogens (tertiary/aromatic N) is 2. The lowest BCUT2D eigenvalue weighted by molar-refractivity contribution is -0.0435. The van der Waals surface area contributed by atoms with E-state index in [1.165, 1.54) is 4.90 Å². The van der Waals surface area contributed by atoms with Crippen molar-refractivity contribution in [3.8, 4) is 0 Å². The highest BCUT2D eigenvalue weighted by molar-refractivity contribution is 7.91. The maximum absolute atomic E-state index is 11.8. The molecule has 1 aliphatic rings. The van der Waals surface area contributed by atoms with Crippen LogP contribution in [-0.2, 0) is 14.8 Å². The van der Waals surface area contributed by atoms with Gasteiger partial charge < -0.3 is 9.64 Å². The Kier molecular flexibility index (Phi) is 3.55. The van der Waals surface area contributed by atoms with E-state index in [4.69, 9.17) is 4.74 Å². The molecule has 15 heavy (non-hydrogen) atoms. The van der Waals surface area contributed by atoms with Crippen molar-refractivity contribution >= 4 is 16.4 Å². The second kappa shape index (κ2) is 4.35. The lowest BCUT2D eigenvalue weighted by Crippen LogP contribution is -2.35. The van der Waals surface area contributed by atoms with Crippen molar-refractivity contribution in [1.82, 2.24) is 4.90 Å². The molecule has 0 unspecified atom stereocenters. The summed E-state index contributed by atoms with van der Waals surface area (Å²) in [6.07, 6.45) is 0.686. The van der Waals surface area contributed by atoms with Gasteiger partial charge in [0.25, 0.3) is 0 Å². The molecule has 1 saturated heterocycles. The Labute approximate surface area is 84.6 Å². The minimum atomic E-state index is -5.41. The minimum absolute atomic E-state index is 0.330. The average molecular weight is 246 g/mol. The third kappa shape index (κ3) is 3.34. The summed E-state index contributed by atoms with van der Waals surface area (Å²) in [5, 5.41) is 0. The summed E-state index contributed by atoms with van der Waals surface area (Å²) >= 11 is 0. The fourth-order valence-electron chi connectivity index (χ4n) is 0.881. The number of rotatable bonds is 2. The highest BCUT2D eigenvalue weighted by atomic mass is 32.2. The first-order valence-electron chi connectivity index (χ1n) is 4.01. The summed E-state index contributed by atoms with van der Waals surface area (Å²) < 4.78 is 64.0. The van der Waals surface area contributed by atoms with Crippen LogP contribution in [0.3, 0.4) is 0 Å². The molecule has 1 rings (SSSR count). The maximum Gasteiger partial charge on any atom is 0.518 e. The van der Waals surface area contributed by atoms with Crippen LogP contribution < -0.4 is 0 Å². The number of sulfonamides is 1. The molecule has 0 N–H and O–H groups in total. The van der Waals surface area contributed by atoms with Gasteiger partial charge in [-0.2, -0.15) is 21.6 Å². The van der Waals surface area contributed by atoms with Gasteiger partial charge in [-0.3, -0.25) is 0 Å². The standard InChI is InChI=1S/C6H9F3N2O3S/c7-6(8,9)15(12,13)10-5-11-1-3-14-4-2-11/h5H,1-4H2/b10-5+. The van der Waals surface area contributed by atoms with Gasteiger partial charge in [0.15, 0.2) is 0 Å². The molecule has 1 fully saturated rings. The summed E-state index contributed by atoms with van der Waals surface area (Å²) in [4.78, 5) is 1.35. The molecule has 1 aliphatic heterocycles. The maximum atomic E-state index is 11.8. The van der Waals surface area contributed by atoms with Gasteiger partial charge in [0.05, 0.1) is 13.2 Å². The molecule has 0 aromatic heterocycles. The van der Waals surface area contributed by atoms with Crippen LogP contribution in [0, 0.1) is 0 Å². The zero-order valence-electron chi connectivity index (χ0n) is 7.57. The smallest absolute Gasteiger partial charge is 0.378 e. The average Bonchev–Trinajstić information content (AvgIpc) is 2.15. The van der Waals surface area contributed by atoms with Gasteiger partial charge >= 0.3 is 15.5 Å². The molecule has 0 aromatic rings. The van der Waals surface area contributed by atoms with Crippen molar-refractivity contribution < 1.29 is 26.3 Å². The van der Waals surface area contributed by atoms with Crippen LogP contribution in [0.4, 0.5) is 13.2 Å². The van der Waals surface area contributed by atoms with E-state index < -0.39 is 15.5 Å². The molecule has 1 heterocycles. The van der Waals surface area contributed by atoms with Gasteiger partial charge in [-0.25, -0.2) is 0 Å². The Morgan fingerprint density at radius 3 is 2.27 bits per heavy atom.